The van der Waals surface area contributed by atoms with Crippen molar-refractivity contribution in [2.45, 2.75) is 6.92 Å². The van der Waals surface area contributed by atoms with Gasteiger partial charge in [0.15, 0.2) is 5.82 Å². The van der Waals surface area contributed by atoms with E-state index in [1.807, 2.05) is 18.4 Å². The number of imidazole rings is 1. The molecule has 0 aliphatic carbocycles. The number of hydrogen-bond acceptors (Lipinski definition) is 6. The molecule has 0 fully saturated rings. The number of halogens is 1. The third-order valence-corrected chi connectivity index (χ3v) is 4.35. The zero-order valence-electron chi connectivity index (χ0n) is 10.6. The number of nitrogens with one attached hydrogen (secondary N) is 1. The first-order valence-corrected chi connectivity index (χ1v) is 7.67. The summed E-state index contributed by atoms with van der Waals surface area (Å²) in [5.74, 6) is 1.74. The number of thiophene rings is 1. The Hall–Kier alpha value is -1.80. The summed E-state index contributed by atoms with van der Waals surface area (Å²) in [5, 5.41) is 5.12. The van der Waals surface area contributed by atoms with E-state index >= 15 is 0 Å². The Kier molecular flexibility index (Phi) is 3.75. The Morgan fingerprint density at radius 1 is 1.35 bits per heavy atom. The molecule has 0 spiro atoms. The lowest BCUT2D eigenvalue weighted by Gasteiger charge is -2.07. The largest absolute Gasteiger partial charge is 0.354 e. The van der Waals surface area contributed by atoms with Crippen molar-refractivity contribution in [3.63, 3.8) is 0 Å². The van der Waals surface area contributed by atoms with Crippen molar-refractivity contribution in [3.8, 4) is 16.6 Å². The van der Waals surface area contributed by atoms with Crippen LogP contribution in [0.25, 0.3) is 16.6 Å². The molecule has 0 aliphatic heterocycles. The first kappa shape index (κ1) is 13.2. The van der Waals surface area contributed by atoms with E-state index in [2.05, 4.69) is 41.2 Å². The fourth-order valence-corrected chi connectivity index (χ4v) is 3.13. The average Bonchev–Trinajstić information content (AvgIpc) is 3.09. The highest BCUT2D eigenvalue weighted by atomic mass is 79.9. The van der Waals surface area contributed by atoms with Crippen LogP contribution in [0.5, 0.6) is 0 Å². The van der Waals surface area contributed by atoms with Gasteiger partial charge in [-0.15, -0.1) is 11.3 Å². The lowest BCUT2D eigenvalue weighted by atomic mass is 10.4. The third-order valence-electron chi connectivity index (χ3n) is 2.51. The standard InChI is InChI=1S/C12H11BrN6S/c1-2-15-11-16-10(9-8(13)3-6-20-9)17-12(18-11)19-5-4-14-7-19/h3-7H,2H2,1H3,(H,15,16,17,18). The molecule has 0 saturated heterocycles. The van der Waals surface area contributed by atoms with Gasteiger partial charge in [-0.25, -0.2) is 4.98 Å². The van der Waals surface area contributed by atoms with Gasteiger partial charge in [0.25, 0.3) is 0 Å². The van der Waals surface area contributed by atoms with E-state index in [-0.39, 0.29) is 0 Å². The van der Waals surface area contributed by atoms with Crippen LogP contribution in [-0.2, 0) is 0 Å². The average molecular weight is 351 g/mol. The highest BCUT2D eigenvalue weighted by Gasteiger charge is 2.13. The van der Waals surface area contributed by atoms with Gasteiger partial charge in [-0.05, 0) is 34.3 Å². The summed E-state index contributed by atoms with van der Waals surface area (Å²) in [6.45, 7) is 2.75. The fourth-order valence-electron chi connectivity index (χ4n) is 1.65. The first-order valence-electron chi connectivity index (χ1n) is 5.99. The molecule has 1 N–H and O–H groups in total. The normalized spacial score (nSPS) is 10.7. The third kappa shape index (κ3) is 2.56. The van der Waals surface area contributed by atoms with Gasteiger partial charge in [0.05, 0.1) is 4.88 Å². The Morgan fingerprint density at radius 2 is 2.25 bits per heavy atom. The molecule has 0 amide bonds. The van der Waals surface area contributed by atoms with Crippen LogP contribution in [0.1, 0.15) is 6.92 Å². The van der Waals surface area contributed by atoms with E-state index in [1.165, 1.54) is 0 Å². The fraction of sp³-hybridized carbons (Fsp3) is 0.167. The molecule has 6 nitrogen and oxygen atoms in total. The molecule has 0 radical (unpaired) electrons. The summed E-state index contributed by atoms with van der Waals surface area (Å²) in [4.78, 5) is 18.3. The number of nitrogens with zero attached hydrogens (tertiary/aromatic N) is 5. The van der Waals surface area contributed by atoms with E-state index < -0.39 is 0 Å². The smallest absolute Gasteiger partial charge is 0.240 e. The van der Waals surface area contributed by atoms with Crippen LogP contribution in [0.15, 0.2) is 34.6 Å². The highest BCUT2D eigenvalue weighted by molar-refractivity contribution is 9.10. The van der Waals surface area contributed by atoms with E-state index in [9.17, 15) is 0 Å². The minimum atomic E-state index is 0.545. The summed E-state index contributed by atoms with van der Waals surface area (Å²) in [7, 11) is 0. The minimum Gasteiger partial charge on any atom is -0.354 e. The predicted molar refractivity (Wildman–Crippen MR) is 82.1 cm³/mol. The zero-order valence-corrected chi connectivity index (χ0v) is 13.0. The second-order valence-corrected chi connectivity index (χ2v) is 5.65. The van der Waals surface area contributed by atoms with Gasteiger partial charge < -0.3 is 5.32 Å². The Bertz CT molecular complexity index is 709. The van der Waals surface area contributed by atoms with Crippen molar-refractivity contribution in [1.29, 1.82) is 0 Å². The molecule has 102 valence electrons. The van der Waals surface area contributed by atoms with Gasteiger partial charge in [0, 0.05) is 23.4 Å². The maximum atomic E-state index is 4.50. The van der Waals surface area contributed by atoms with E-state index in [0.29, 0.717) is 17.7 Å². The topological polar surface area (TPSA) is 68.5 Å². The molecule has 20 heavy (non-hydrogen) atoms. The zero-order chi connectivity index (χ0) is 13.9. The van der Waals surface area contributed by atoms with Crippen LogP contribution >= 0.6 is 27.3 Å². The summed E-state index contributed by atoms with van der Waals surface area (Å²) in [5.41, 5.74) is 0. The van der Waals surface area contributed by atoms with Crippen molar-refractivity contribution in [2.24, 2.45) is 0 Å². The summed E-state index contributed by atoms with van der Waals surface area (Å²) >= 11 is 5.09. The van der Waals surface area contributed by atoms with Gasteiger partial charge >= 0.3 is 0 Å². The van der Waals surface area contributed by atoms with Gasteiger partial charge in [-0.2, -0.15) is 15.0 Å². The monoisotopic (exact) mass is 350 g/mol. The molecule has 3 rings (SSSR count). The highest BCUT2D eigenvalue weighted by Crippen LogP contribution is 2.31. The lowest BCUT2D eigenvalue weighted by molar-refractivity contribution is 0.897. The maximum absolute atomic E-state index is 4.50. The molecule has 3 aromatic heterocycles. The van der Waals surface area contributed by atoms with E-state index in [1.54, 1.807) is 34.6 Å². The molecular formula is C12H11BrN6S. The van der Waals surface area contributed by atoms with Crippen molar-refractivity contribution < 1.29 is 0 Å². The molecule has 0 aliphatic rings. The van der Waals surface area contributed by atoms with Gasteiger partial charge in [-0.3, -0.25) is 4.57 Å². The van der Waals surface area contributed by atoms with Crippen LogP contribution in [0, 0.1) is 0 Å². The minimum absolute atomic E-state index is 0.545. The van der Waals surface area contributed by atoms with Gasteiger partial charge in [0.2, 0.25) is 11.9 Å². The summed E-state index contributed by atoms with van der Waals surface area (Å²) in [6, 6.07) is 1.98. The summed E-state index contributed by atoms with van der Waals surface area (Å²) < 4.78 is 2.74. The Morgan fingerprint density at radius 3 is 2.90 bits per heavy atom. The van der Waals surface area contributed by atoms with Crippen LogP contribution < -0.4 is 5.32 Å². The molecule has 8 heteroatoms. The quantitative estimate of drug-likeness (QED) is 0.783. The lowest BCUT2D eigenvalue weighted by Crippen LogP contribution is -2.08. The molecule has 0 aromatic carbocycles. The molecule has 3 heterocycles. The van der Waals surface area contributed by atoms with Crippen molar-refractivity contribution in [2.75, 3.05) is 11.9 Å². The van der Waals surface area contributed by atoms with Crippen LogP contribution in [0.4, 0.5) is 5.95 Å². The second-order valence-electron chi connectivity index (χ2n) is 3.88. The van der Waals surface area contributed by atoms with E-state index in [4.69, 9.17) is 0 Å². The SMILES string of the molecule is CCNc1nc(-c2sccc2Br)nc(-n2ccnc2)n1. The number of anilines is 1. The summed E-state index contributed by atoms with van der Waals surface area (Å²) in [6.07, 6.45) is 5.16. The molecule has 0 unspecified atom stereocenters. The van der Waals surface area contributed by atoms with Crippen LogP contribution in [0.2, 0.25) is 0 Å². The van der Waals surface area contributed by atoms with Crippen LogP contribution in [-0.4, -0.2) is 31.0 Å². The maximum Gasteiger partial charge on any atom is 0.240 e. The number of hydrogen-bond donors (Lipinski definition) is 1. The van der Waals surface area contributed by atoms with Gasteiger partial charge in [0.1, 0.15) is 6.33 Å². The Labute approximate surface area is 128 Å². The molecule has 0 atom stereocenters. The Balaban J connectivity index is 2.12. The number of rotatable bonds is 4. The van der Waals surface area contributed by atoms with Crippen molar-refractivity contribution in [1.82, 2.24) is 24.5 Å². The molecular weight excluding hydrogens is 340 g/mol. The van der Waals surface area contributed by atoms with Gasteiger partial charge in [-0.1, -0.05) is 0 Å². The van der Waals surface area contributed by atoms with E-state index in [0.717, 1.165) is 15.9 Å². The number of aromatic nitrogens is 5. The molecule has 3 aromatic rings. The molecule has 0 saturated carbocycles. The molecule has 0 bridgehead atoms. The first-order chi connectivity index (χ1) is 9.78. The van der Waals surface area contributed by atoms with Crippen molar-refractivity contribution >= 4 is 33.2 Å². The second kappa shape index (κ2) is 5.68. The predicted octanol–water partition coefficient (Wildman–Crippen LogP) is 2.98. The van der Waals surface area contributed by atoms with Crippen molar-refractivity contribution in [3.05, 3.63) is 34.6 Å². The van der Waals surface area contributed by atoms with Crippen LogP contribution in [0.3, 0.4) is 0 Å².